The molecule has 0 saturated heterocycles. The van der Waals surface area contributed by atoms with Crippen molar-refractivity contribution in [3.8, 4) is 0 Å². The molecule has 1 fully saturated rings. The summed E-state index contributed by atoms with van der Waals surface area (Å²) in [6, 6.07) is 9.29. The first-order chi connectivity index (χ1) is 8.83. The van der Waals surface area contributed by atoms with Crippen LogP contribution in [0.3, 0.4) is 0 Å². The van der Waals surface area contributed by atoms with Gasteiger partial charge in [-0.25, -0.2) is 0 Å². The topological polar surface area (TPSA) is 27.8 Å². The fraction of sp³-hybridized carbons (Fsp3) is 0.500. The normalized spacial score (nSPS) is 18.9. The number of aromatic amines is 1. The van der Waals surface area contributed by atoms with E-state index in [1.165, 1.54) is 48.7 Å². The van der Waals surface area contributed by atoms with E-state index in [-0.39, 0.29) is 0 Å². The minimum Gasteiger partial charge on any atom is -0.382 e. The molecule has 2 N–H and O–H groups in total. The first kappa shape index (κ1) is 11.6. The molecule has 1 saturated carbocycles. The van der Waals surface area contributed by atoms with Crippen LogP contribution in [0.25, 0.3) is 10.9 Å². The van der Waals surface area contributed by atoms with Crippen LogP contribution >= 0.6 is 0 Å². The smallest absolute Gasteiger partial charge is 0.0455 e. The highest BCUT2D eigenvalue weighted by molar-refractivity contribution is 5.83. The molecule has 0 spiro atoms. The summed E-state index contributed by atoms with van der Waals surface area (Å²) >= 11 is 0. The number of anilines is 1. The van der Waals surface area contributed by atoms with E-state index in [1.54, 1.807) is 0 Å². The van der Waals surface area contributed by atoms with Gasteiger partial charge in [-0.05, 0) is 49.9 Å². The van der Waals surface area contributed by atoms with Gasteiger partial charge >= 0.3 is 0 Å². The summed E-state index contributed by atoms with van der Waals surface area (Å²) in [5, 5.41) is 4.97. The second kappa shape index (κ2) is 5.05. The lowest BCUT2D eigenvalue weighted by Crippen LogP contribution is -2.27. The molecule has 1 atom stereocenters. The number of rotatable bonds is 3. The standard InChI is InChI=1S/C16H22N2/c1-12(13-5-3-2-4-6-13)18-15-7-8-16-14(11-15)9-10-17-16/h7-13,17-18H,2-6H2,1H3. The summed E-state index contributed by atoms with van der Waals surface area (Å²) in [4.78, 5) is 3.24. The lowest BCUT2D eigenvalue weighted by Gasteiger charge is -2.29. The first-order valence-corrected chi connectivity index (χ1v) is 7.16. The van der Waals surface area contributed by atoms with Gasteiger partial charge in [0.1, 0.15) is 0 Å². The Morgan fingerprint density at radius 2 is 2.00 bits per heavy atom. The van der Waals surface area contributed by atoms with Crippen LogP contribution in [0.5, 0.6) is 0 Å². The Labute approximate surface area is 109 Å². The van der Waals surface area contributed by atoms with E-state index >= 15 is 0 Å². The molecule has 0 bridgehead atoms. The molecule has 1 aromatic heterocycles. The summed E-state index contributed by atoms with van der Waals surface area (Å²) in [7, 11) is 0. The molecule has 0 radical (unpaired) electrons. The summed E-state index contributed by atoms with van der Waals surface area (Å²) in [6.07, 6.45) is 9.03. The van der Waals surface area contributed by atoms with Gasteiger partial charge in [-0.1, -0.05) is 19.3 Å². The molecule has 2 nitrogen and oxygen atoms in total. The quantitative estimate of drug-likeness (QED) is 0.812. The van der Waals surface area contributed by atoms with Crippen molar-refractivity contribution in [2.45, 2.75) is 45.1 Å². The van der Waals surface area contributed by atoms with Crippen LogP contribution in [0.4, 0.5) is 5.69 Å². The van der Waals surface area contributed by atoms with Crippen molar-refractivity contribution < 1.29 is 0 Å². The number of aromatic nitrogens is 1. The van der Waals surface area contributed by atoms with Crippen molar-refractivity contribution in [2.24, 2.45) is 5.92 Å². The van der Waals surface area contributed by atoms with Crippen molar-refractivity contribution in [1.29, 1.82) is 0 Å². The van der Waals surface area contributed by atoms with Crippen LogP contribution in [0.15, 0.2) is 30.5 Å². The van der Waals surface area contributed by atoms with Crippen LogP contribution in [0.1, 0.15) is 39.0 Å². The zero-order chi connectivity index (χ0) is 12.4. The van der Waals surface area contributed by atoms with Crippen molar-refractivity contribution in [3.63, 3.8) is 0 Å². The van der Waals surface area contributed by atoms with Gasteiger partial charge in [0, 0.05) is 28.8 Å². The van der Waals surface area contributed by atoms with Gasteiger partial charge in [0.25, 0.3) is 0 Å². The maximum absolute atomic E-state index is 3.68. The minimum atomic E-state index is 0.585. The van der Waals surface area contributed by atoms with E-state index in [0.29, 0.717) is 6.04 Å². The van der Waals surface area contributed by atoms with Crippen molar-refractivity contribution in [3.05, 3.63) is 30.5 Å². The Morgan fingerprint density at radius 3 is 2.83 bits per heavy atom. The van der Waals surface area contributed by atoms with Crippen molar-refractivity contribution >= 4 is 16.6 Å². The van der Waals surface area contributed by atoms with E-state index < -0.39 is 0 Å². The highest BCUT2D eigenvalue weighted by Gasteiger charge is 2.19. The highest BCUT2D eigenvalue weighted by Crippen LogP contribution is 2.28. The summed E-state index contributed by atoms with van der Waals surface area (Å²) in [5.74, 6) is 0.848. The van der Waals surface area contributed by atoms with Crippen LogP contribution < -0.4 is 5.32 Å². The van der Waals surface area contributed by atoms with Gasteiger partial charge in [-0.3, -0.25) is 0 Å². The average Bonchev–Trinajstić information content (AvgIpc) is 2.87. The van der Waals surface area contributed by atoms with Gasteiger partial charge in [-0.2, -0.15) is 0 Å². The Morgan fingerprint density at radius 1 is 1.17 bits per heavy atom. The van der Waals surface area contributed by atoms with Crippen LogP contribution in [-0.4, -0.2) is 11.0 Å². The monoisotopic (exact) mass is 242 g/mol. The minimum absolute atomic E-state index is 0.585. The zero-order valence-electron chi connectivity index (χ0n) is 11.1. The average molecular weight is 242 g/mol. The molecule has 2 aromatic rings. The number of fused-ring (bicyclic) bond motifs is 1. The van der Waals surface area contributed by atoms with Gasteiger partial charge in [0.15, 0.2) is 0 Å². The lowest BCUT2D eigenvalue weighted by molar-refractivity contribution is 0.328. The van der Waals surface area contributed by atoms with Crippen LogP contribution in [0, 0.1) is 5.92 Å². The zero-order valence-corrected chi connectivity index (χ0v) is 11.1. The van der Waals surface area contributed by atoms with Crippen LogP contribution in [0.2, 0.25) is 0 Å². The number of nitrogens with one attached hydrogen (secondary N) is 2. The van der Waals surface area contributed by atoms with E-state index in [4.69, 9.17) is 0 Å². The molecule has 1 aliphatic carbocycles. The second-order valence-corrected chi connectivity index (χ2v) is 5.61. The van der Waals surface area contributed by atoms with E-state index in [9.17, 15) is 0 Å². The molecular formula is C16H22N2. The summed E-state index contributed by atoms with van der Waals surface area (Å²) in [6.45, 7) is 2.33. The molecule has 3 rings (SSSR count). The summed E-state index contributed by atoms with van der Waals surface area (Å²) < 4.78 is 0. The Balaban J connectivity index is 1.70. The molecule has 1 unspecified atom stereocenters. The molecule has 18 heavy (non-hydrogen) atoms. The van der Waals surface area contributed by atoms with Crippen LogP contribution in [-0.2, 0) is 0 Å². The predicted molar refractivity (Wildman–Crippen MR) is 78.0 cm³/mol. The number of hydrogen-bond acceptors (Lipinski definition) is 1. The number of hydrogen-bond donors (Lipinski definition) is 2. The molecule has 1 heterocycles. The third kappa shape index (κ3) is 2.38. The number of H-pyrrole nitrogens is 1. The molecular weight excluding hydrogens is 220 g/mol. The largest absolute Gasteiger partial charge is 0.382 e. The molecule has 96 valence electrons. The predicted octanol–water partition coefficient (Wildman–Crippen LogP) is 4.55. The van der Waals surface area contributed by atoms with E-state index in [1.807, 2.05) is 6.20 Å². The molecule has 0 aliphatic heterocycles. The van der Waals surface area contributed by atoms with Crippen molar-refractivity contribution in [2.75, 3.05) is 5.32 Å². The van der Waals surface area contributed by atoms with E-state index in [2.05, 4.69) is 41.5 Å². The van der Waals surface area contributed by atoms with Gasteiger partial charge < -0.3 is 10.3 Å². The maximum atomic E-state index is 3.68. The Kier molecular flexibility index (Phi) is 3.26. The Bertz CT molecular complexity index is 509. The second-order valence-electron chi connectivity index (χ2n) is 5.61. The maximum Gasteiger partial charge on any atom is 0.0455 e. The summed E-state index contributed by atoms with van der Waals surface area (Å²) in [5.41, 5.74) is 2.46. The lowest BCUT2D eigenvalue weighted by atomic mass is 9.84. The molecule has 1 aliphatic rings. The third-order valence-corrected chi connectivity index (χ3v) is 4.30. The first-order valence-electron chi connectivity index (χ1n) is 7.16. The molecule has 1 aromatic carbocycles. The Hall–Kier alpha value is -1.44. The highest BCUT2D eigenvalue weighted by atomic mass is 14.9. The fourth-order valence-electron chi connectivity index (χ4n) is 3.16. The fourth-order valence-corrected chi connectivity index (χ4v) is 3.16. The van der Waals surface area contributed by atoms with Gasteiger partial charge in [0.05, 0.1) is 0 Å². The van der Waals surface area contributed by atoms with Crippen molar-refractivity contribution in [1.82, 2.24) is 4.98 Å². The van der Waals surface area contributed by atoms with Gasteiger partial charge in [-0.15, -0.1) is 0 Å². The number of benzene rings is 1. The van der Waals surface area contributed by atoms with Gasteiger partial charge in [0.2, 0.25) is 0 Å². The molecule has 2 heteroatoms. The van der Waals surface area contributed by atoms with E-state index in [0.717, 1.165) is 5.92 Å². The molecule has 0 amide bonds. The SMILES string of the molecule is CC(Nc1ccc2[nH]ccc2c1)C1CCCCC1. The third-order valence-electron chi connectivity index (χ3n) is 4.30.